The third-order valence-corrected chi connectivity index (χ3v) is 4.22. The average Bonchev–Trinajstić information content (AvgIpc) is 3.44. The minimum absolute atomic E-state index is 0.0510. The summed E-state index contributed by atoms with van der Waals surface area (Å²) in [7, 11) is 0. The topological polar surface area (TPSA) is 107 Å². The van der Waals surface area contributed by atoms with E-state index >= 15 is 0 Å². The molecule has 3 rings (SSSR count). The first-order valence-corrected chi connectivity index (χ1v) is 9.08. The second-order valence-electron chi connectivity index (χ2n) is 7.04. The molecule has 0 saturated heterocycles. The lowest BCUT2D eigenvalue weighted by molar-refractivity contribution is -0.109. The summed E-state index contributed by atoms with van der Waals surface area (Å²) in [6, 6.07) is 6.65. The van der Waals surface area contributed by atoms with Crippen molar-refractivity contribution in [3.63, 3.8) is 0 Å². The van der Waals surface area contributed by atoms with Crippen molar-refractivity contribution in [2.45, 2.75) is 46.6 Å². The second-order valence-corrected chi connectivity index (χ2v) is 7.04. The Hall–Kier alpha value is -2.96. The normalized spacial score (nSPS) is 12.8. The van der Waals surface area contributed by atoms with Gasteiger partial charge in [0, 0.05) is 30.0 Å². The Kier molecular flexibility index (Phi) is 6.87. The van der Waals surface area contributed by atoms with Crippen molar-refractivity contribution in [3.8, 4) is 0 Å². The molecule has 0 atom stereocenters. The van der Waals surface area contributed by atoms with Crippen LogP contribution in [-0.2, 0) is 4.79 Å². The van der Waals surface area contributed by atoms with Crippen molar-refractivity contribution in [3.05, 3.63) is 47.2 Å². The van der Waals surface area contributed by atoms with Crippen LogP contribution in [0.15, 0.2) is 30.6 Å². The predicted molar refractivity (Wildman–Crippen MR) is 107 cm³/mol. The lowest BCUT2D eigenvalue weighted by Crippen LogP contribution is -2.31. The number of aryl methyl sites for hydroxylation is 2. The third-order valence-electron chi connectivity index (χ3n) is 4.22. The molecule has 7 nitrogen and oxygen atoms in total. The Morgan fingerprint density at radius 1 is 1.33 bits per heavy atom. The van der Waals surface area contributed by atoms with Crippen molar-refractivity contribution in [2.24, 2.45) is 5.92 Å². The van der Waals surface area contributed by atoms with E-state index in [9.17, 15) is 4.79 Å². The van der Waals surface area contributed by atoms with Crippen molar-refractivity contribution in [1.82, 2.24) is 14.9 Å². The van der Waals surface area contributed by atoms with E-state index in [-0.39, 0.29) is 11.4 Å². The molecule has 144 valence electrons. The van der Waals surface area contributed by atoms with Crippen LogP contribution >= 0.6 is 0 Å². The molecule has 1 aromatic carbocycles. The SMILES string of the molecule is Cc1ccc(C)c(Nc2nccn(C(=N)C(C)C)c2=N)c1.O=CNC1CC1. The summed E-state index contributed by atoms with van der Waals surface area (Å²) in [4.78, 5) is 13.8. The van der Waals surface area contributed by atoms with Crippen LogP contribution in [-0.4, -0.2) is 27.8 Å². The fraction of sp³-hybridized carbons (Fsp3) is 0.400. The van der Waals surface area contributed by atoms with E-state index in [1.54, 1.807) is 17.0 Å². The summed E-state index contributed by atoms with van der Waals surface area (Å²) >= 11 is 0. The van der Waals surface area contributed by atoms with Gasteiger partial charge in [0.2, 0.25) is 6.41 Å². The summed E-state index contributed by atoms with van der Waals surface area (Å²) in [5.74, 6) is 0.887. The third kappa shape index (κ3) is 5.77. The predicted octanol–water partition coefficient (Wildman–Crippen LogP) is 3.10. The van der Waals surface area contributed by atoms with Crippen LogP contribution in [0.5, 0.6) is 0 Å². The summed E-state index contributed by atoms with van der Waals surface area (Å²) in [5, 5.41) is 22.1. The molecule has 0 spiro atoms. The molecule has 0 bridgehead atoms. The number of nitrogens with zero attached hydrogens (tertiary/aromatic N) is 2. The maximum Gasteiger partial charge on any atom is 0.207 e. The van der Waals surface area contributed by atoms with Crippen LogP contribution in [0, 0.1) is 30.6 Å². The minimum atomic E-state index is 0.0510. The fourth-order valence-electron chi connectivity index (χ4n) is 2.34. The molecule has 4 N–H and O–H groups in total. The van der Waals surface area contributed by atoms with Gasteiger partial charge in [-0.25, -0.2) is 4.98 Å². The molecule has 1 aromatic heterocycles. The lowest BCUT2D eigenvalue weighted by atomic mass is 10.1. The number of carbonyl (C=O) groups excluding carboxylic acids is 1. The van der Waals surface area contributed by atoms with Gasteiger partial charge in [0.25, 0.3) is 0 Å². The Bertz CT molecular complexity index is 867. The highest BCUT2D eigenvalue weighted by molar-refractivity contribution is 5.83. The van der Waals surface area contributed by atoms with Gasteiger partial charge in [-0.3, -0.25) is 20.2 Å². The van der Waals surface area contributed by atoms with Crippen molar-refractivity contribution in [2.75, 3.05) is 5.32 Å². The Morgan fingerprint density at radius 2 is 2.04 bits per heavy atom. The van der Waals surface area contributed by atoms with Crippen molar-refractivity contribution in [1.29, 1.82) is 10.8 Å². The van der Waals surface area contributed by atoms with Crippen LogP contribution < -0.4 is 16.1 Å². The molecule has 2 aromatic rings. The number of nitrogens with one attached hydrogen (secondary N) is 4. The number of carbonyl (C=O) groups is 1. The standard InChI is InChI=1S/C16H21N5.C4H7NO/c1-10(2)14(17)21-8-7-19-16(15(21)18)20-13-9-11(3)5-6-12(13)4;6-3-5-4-1-2-4/h5-10,17-18H,1-4H3,(H,19,20);3-4H,1-2H2,(H,5,6). The van der Waals surface area contributed by atoms with Crippen LogP contribution in [0.2, 0.25) is 0 Å². The molecule has 0 radical (unpaired) electrons. The first-order valence-electron chi connectivity index (χ1n) is 9.08. The van der Waals surface area contributed by atoms with Gasteiger partial charge in [-0.1, -0.05) is 26.0 Å². The number of hydrogen-bond acceptors (Lipinski definition) is 5. The van der Waals surface area contributed by atoms with Gasteiger partial charge < -0.3 is 10.6 Å². The zero-order valence-corrected chi connectivity index (χ0v) is 16.3. The number of rotatable bonds is 5. The van der Waals surface area contributed by atoms with Crippen molar-refractivity contribution >= 4 is 23.8 Å². The number of hydrogen-bond donors (Lipinski definition) is 4. The first kappa shape index (κ1) is 20.4. The van der Waals surface area contributed by atoms with E-state index < -0.39 is 0 Å². The maximum atomic E-state index is 9.54. The molecule has 0 aliphatic heterocycles. The molecule has 0 unspecified atom stereocenters. The van der Waals surface area contributed by atoms with Crippen molar-refractivity contribution < 1.29 is 4.79 Å². The van der Waals surface area contributed by atoms with Crippen LogP contribution in [0.1, 0.15) is 37.8 Å². The maximum absolute atomic E-state index is 9.54. The van der Waals surface area contributed by atoms with E-state index in [2.05, 4.69) is 21.7 Å². The van der Waals surface area contributed by atoms with Gasteiger partial charge in [0.15, 0.2) is 11.3 Å². The molecule has 1 heterocycles. The van der Waals surface area contributed by atoms with E-state index in [4.69, 9.17) is 10.8 Å². The molecule has 1 aliphatic rings. The first-order chi connectivity index (χ1) is 12.8. The molecular formula is C20H28N6O. The minimum Gasteiger partial charge on any atom is -0.356 e. The van der Waals surface area contributed by atoms with Gasteiger partial charge in [-0.05, 0) is 43.9 Å². The number of anilines is 2. The average molecular weight is 368 g/mol. The Labute approximate surface area is 159 Å². The smallest absolute Gasteiger partial charge is 0.207 e. The van der Waals surface area contributed by atoms with E-state index in [0.717, 1.165) is 23.2 Å². The second kappa shape index (κ2) is 9.12. The van der Waals surface area contributed by atoms with Crippen LogP contribution in [0.4, 0.5) is 11.5 Å². The van der Waals surface area contributed by atoms with E-state index in [1.165, 1.54) is 12.8 Å². The lowest BCUT2D eigenvalue weighted by Gasteiger charge is -2.15. The van der Waals surface area contributed by atoms with Gasteiger partial charge >= 0.3 is 0 Å². The monoisotopic (exact) mass is 368 g/mol. The van der Waals surface area contributed by atoms with E-state index in [1.807, 2.05) is 39.8 Å². The molecule has 1 saturated carbocycles. The van der Waals surface area contributed by atoms with E-state index in [0.29, 0.717) is 17.7 Å². The Morgan fingerprint density at radius 3 is 2.59 bits per heavy atom. The largest absolute Gasteiger partial charge is 0.356 e. The highest BCUT2D eigenvalue weighted by Crippen LogP contribution is 2.19. The van der Waals surface area contributed by atoms with Gasteiger partial charge in [-0.2, -0.15) is 0 Å². The molecular weight excluding hydrogens is 340 g/mol. The zero-order valence-electron chi connectivity index (χ0n) is 16.3. The number of amides is 1. The summed E-state index contributed by atoms with van der Waals surface area (Å²) in [6.45, 7) is 7.91. The number of aromatic nitrogens is 2. The summed E-state index contributed by atoms with van der Waals surface area (Å²) in [5.41, 5.74) is 3.37. The molecule has 1 fully saturated rings. The molecule has 1 aliphatic carbocycles. The highest BCUT2D eigenvalue weighted by Gasteiger charge is 2.19. The summed E-state index contributed by atoms with van der Waals surface area (Å²) < 4.78 is 1.55. The van der Waals surface area contributed by atoms with Gasteiger partial charge in [-0.15, -0.1) is 0 Å². The van der Waals surface area contributed by atoms with Gasteiger partial charge in [0.1, 0.15) is 5.84 Å². The van der Waals surface area contributed by atoms with Crippen LogP contribution in [0.25, 0.3) is 0 Å². The molecule has 27 heavy (non-hydrogen) atoms. The quantitative estimate of drug-likeness (QED) is 0.370. The fourth-order valence-corrected chi connectivity index (χ4v) is 2.34. The van der Waals surface area contributed by atoms with Crippen LogP contribution in [0.3, 0.4) is 0 Å². The summed E-state index contributed by atoms with van der Waals surface area (Å²) in [6.07, 6.45) is 6.39. The van der Waals surface area contributed by atoms with Gasteiger partial charge in [0.05, 0.1) is 0 Å². The highest BCUT2D eigenvalue weighted by atomic mass is 16.1. The number of benzene rings is 1. The zero-order chi connectivity index (χ0) is 20.0. The molecule has 1 amide bonds. The Balaban J connectivity index is 0.000000369. The molecule has 7 heteroatoms.